The molecule has 0 amide bonds. The van der Waals surface area contributed by atoms with Crippen molar-refractivity contribution in [3.8, 4) is 0 Å². The first-order valence-electron chi connectivity index (χ1n) is 7.68. The topological polar surface area (TPSA) is 41.3 Å². The number of hydrogen-bond acceptors (Lipinski definition) is 4. The summed E-state index contributed by atoms with van der Waals surface area (Å²) in [4.78, 5) is 6.65. The van der Waals surface area contributed by atoms with E-state index in [9.17, 15) is 0 Å². The summed E-state index contributed by atoms with van der Waals surface area (Å²) in [5.74, 6) is 1.08. The van der Waals surface area contributed by atoms with Crippen molar-refractivity contribution in [2.45, 2.75) is 38.4 Å². The number of aromatic nitrogens is 1. The lowest BCUT2D eigenvalue weighted by Gasteiger charge is -2.16. The van der Waals surface area contributed by atoms with Gasteiger partial charge in [0, 0.05) is 43.0 Å². The van der Waals surface area contributed by atoms with Crippen molar-refractivity contribution in [1.82, 2.24) is 15.2 Å². The first kappa shape index (κ1) is 14.3. The predicted molar refractivity (Wildman–Crippen MR) is 82.8 cm³/mol. The molecule has 0 aromatic carbocycles. The summed E-state index contributed by atoms with van der Waals surface area (Å²) in [6, 6.07) is 8.88. The Hall–Kier alpha value is -1.65. The molecule has 2 aromatic heterocycles. The number of hydrogen-bond donors (Lipinski definition) is 1. The Bertz CT molecular complexity index is 548. The Kier molecular flexibility index (Phi) is 4.68. The van der Waals surface area contributed by atoms with E-state index < -0.39 is 0 Å². The van der Waals surface area contributed by atoms with Gasteiger partial charge in [-0.05, 0) is 38.1 Å². The molecule has 0 unspecified atom stereocenters. The van der Waals surface area contributed by atoms with Gasteiger partial charge in [-0.3, -0.25) is 9.88 Å². The number of likely N-dealkylation sites (N-methyl/N-ethyl adjacent to an activating group) is 1. The number of pyridine rings is 1. The van der Waals surface area contributed by atoms with Crippen LogP contribution in [-0.4, -0.2) is 29.5 Å². The first-order valence-corrected chi connectivity index (χ1v) is 7.68. The summed E-state index contributed by atoms with van der Waals surface area (Å²) in [7, 11) is 2.13. The van der Waals surface area contributed by atoms with Crippen LogP contribution >= 0.6 is 0 Å². The zero-order valence-electron chi connectivity index (χ0n) is 12.6. The molecule has 0 radical (unpaired) electrons. The van der Waals surface area contributed by atoms with E-state index in [1.165, 1.54) is 18.4 Å². The van der Waals surface area contributed by atoms with Crippen LogP contribution in [0.5, 0.6) is 0 Å². The highest BCUT2D eigenvalue weighted by Gasteiger charge is 2.21. The third-order valence-corrected chi connectivity index (χ3v) is 3.89. The van der Waals surface area contributed by atoms with Gasteiger partial charge in [-0.15, -0.1) is 0 Å². The van der Waals surface area contributed by atoms with Crippen molar-refractivity contribution >= 4 is 0 Å². The van der Waals surface area contributed by atoms with E-state index in [0.717, 1.165) is 43.6 Å². The number of furan rings is 1. The molecule has 1 aliphatic rings. The maximum Gasteiger partial charge on any atom is 0.122 e. The van der Waals surface area contributed by atoms with Crippen molar-refractivity contribution in [2.24, 2.45) is 0 Å². The Morgan fingerprint density at radius 1 is 1.33 bits per heavy atom. The fraction of sp³-hybridized carbons (Fsp3) is 0.471. The second-order valence-electron chi connectivity index (χ2n) is 5.83. The van der Waals surface area contributed by atoms with Gasteiger partial charge in [-0.2, -0.15) is 0 Å². The van der Waals surface area contributed by atoms with Crippen molar-refractivity contribution in [2.75, 3.05) is 13.6 Å². The van der Waals surface area contributed by atoms with E-state index in [4.69, 9.17) is 4.42 Å². The average Bonchev–Trinajstić information content (AvgIpc) is 3.24. The van der Waals surface area contributed by atoms with Crippen molar-refractivity contribution in [3.05, 3.63) is 53.7 Å². The van der Waals surface area contributed by atoms with Gasteiger partial charge in [0.2, 0.25) is 0 Å². The molecular weight excluding hydrogens is 262 g/mol. The summed E-state index contributed by atoms with van der Waals surface area (Å²) < 4.78 is 5.64. The molecule has 2 aromatic rings. The molecule has 3 rings (SSSR count). The molecule has 4 heteroatoms. The van der Waals surface area contributed by atoms with Gasteiger partial charge >= 0.3 is 0 Å². The second kappa shape index (κ2) is 6.87. The normalized spacial score (nSPS) is 14.8. The Morgan fingerprint density at radius 3 is 3.00 bits per heavy atom. The summed E-state index contributed by atoms with van der Waals surface area (Å²) >= 11 is 0. The molecule has 1 saturated carbocycles. The smallest absolute Gasteiger partial charge is 0.122 e. The summed E-state index contributed by atoms with van der Waals surface area (Å²) in [6.45, 7) is 2.75. The molecule has 1 aliphatic carbocycles. The van der Waals surface area contributed by atoms with Gasteiger partial charge in [0.15, 0.2) is 0 Å². The van der Waals surface area contributed by atoms with Gasteiger partial charge in [-0.1, -0.05) is 6.07 Å². The molecule has 1 fully saturated rings. The molecule has 112 valence electrons. The highest BCUT2D eigenvalue weighted by Crippen LogP contribution is 2.20. The molecule has 0 spiro atoms. The monoisotopic (exact) mass is 285 g/mol. The van der Waals surface area contributed by atoms with E-state index >= 15 is 0 Å². The quantitative estimate of drug-likeness (QED) is 0.809. The molecule has 0 saturated heterocycles. The van der Waals surface area contributed by atoms with Crippen LogP contribution in [-0.2, 0) is 19.5 Å². The number of rotatable bonds is 8. The Labute approximate surface area is 126 Å². The van der Waals surface area contributed by atoms with E-state index in [2.05, 4.69) is 34.4 Å². The maximum atomic E-state index is 5.64. The van der Waals surface area contributed by atoms with Crippen LogP contribution in [0.2, 0.25) is 0 Å². The molecule has 1 N–H and O–H groups in total. The zero-order chi connectivity index (χ0) is 14.5. The van der Waals surface area contributed by atoms with Crippen molar-refractivity contribution in [3.63, 3.8) is 0 Å². The summed E-state index contributed by atoms with van der Waals surface area (Å²) in [6.07, 6.45) is 7.25. The van der Waals surface area contributed by atoms with Crippen LogP contribution in [0.25, 0.3) is 0 Å². The second-order valence-corrected chi connectivity index (χ2v) is 5.83. The van der Waals surface area contributed by atoms with Gasteiger partial charge in [-0.25, -0.2) is 0 Å². The molecule has 0 aliphatic heterocycles. The minimum atomic E-state index is 0.731. The zero-order valence-corrected chi connectivity index (χ0v) is 12.6. The van der Waals surface area contributed by atoms with Crippen LogP contribution in [0.15, 0.2) is 41.1 Å². The van der Waals surface area contributed by atoms with Gasteiger partial charge < -0.3 is 9.73 Å². The molecule has 0 atom stereocenters. The lowest BCUT2D eigenvalue weighted by molar-refractivity contribution is 0.295. The van der Waals surface area contributed by atoms with Crippen LogP contribution in [0.1, 0.15) is 29.9 Å². The standard InChI is InChI=1S/C17H23N3O/c1-20(10-7-15-4-2-3-9-18-15)13-17-14(8-11-21-17)12-19-16-5-6-16/h2-4,8-9,11,16,19H,5-7,10,12-13H2,1H3. The predicted octanol–water partition coefficient (Wildman–Crippen LogP) is 2.60. The summed E-state index contributed by atoms with van der Waals surface area (Å²) in [5, 5.41) is 3.54. The van der Waals surface area contributed by atoms with Crippen LogP contribution in [0.3, 0.4) is 0 Å². The van der Waals surface area contributed by atoms with E-state index in [-0.39, 0.29) is 0 Å². The molecule has 4 nitrogen and oxygen atoms in total. The first-order chi connectivity index (χ1) is 10.3. The van der Waals surface area contributed by atoms with Crippen molar-refractivity contribution in [1.29, 1.82) is 0 Å². The van der Waals surface area contributed by atoms with E-state index in [1.807, 2.05) is 18.3 Å². The fourth-order valence-electron chi connectivity index (χ4n) is 2.38. The highest BCUT2D eigenvalue weighted by atomic mass is 16.3. The minimum Gasteiger partial charge on any atom is -0.468 e. The van der Waals surface area contributed by atoms with E-state index in [1.54, 1.807) is 6.26 Å². The van der Waals surface area contributed by atoms with Crippen LogP contribution in [0.4, 0.5) is 0 Å². The van der Waals surface area contributed by atoms with Crippen LogP contribution < -0.4 is 5.32 Å². The Morgan fingerprint density at radius 2 is 2.24 bits per heavy atom. The lowest BCUT2D eigenvalue weighted by Crippen LogP contribution is -2.22. The highest BCUT2D eigenvalue weighted by molar-refractivity contribution is 5.17. The maximum absolute atomic E-state index is 5.64. The average molecular weight is 285 g/mol. The molecule has 0 bridgehead atoms. The Balaban J connectivity index is 1.47. The SMILES string of the molecule is CN(CCc1ccccn1)Cc1occc1CNC1CC1. The fourth-order valence-corrected chi connectivity index (χ4v) is 2.38. The third kappa shape index (κ3) is 4.41. The minimum absolute atomic E-state index is 0.731. The third-order valence-electron chi connectivity index (χ3n) is 3.89. The van der Waals surface area contributed by atoms with E-state index in [0.29, 0.717) is 0 Å². The summed E-state index contributed by atoms with van der Waals surface area (Å²) in [5.41, 5.74) is 2.42. The van der Waals surface area contributed by atoms with Gasteiger partial charge in [0.25, 0.3) is 0 Å². The molecule has 2 heterocycles. The lowest BCUT2D eigenvalue weighted by atomic mass is 10.2. The number of nitrogens with zero attached hydrogens (tertiary/aromatic N) is 2. The van der Waals surface area contributed by atoms with Crippen LogP contribution in [0, 0.1) is 0 Å². The molecule has 21 heavy (non-hydrogen) atoms. The molecular formula is C17H23N3O. The number of nitrogens with one attached hydrogen (secondary N) is 1. The van der Waals surface area contributed by atoms with Crippen molar-refractivity contribution < 1.29 is 4.42 Å². The van der Waals surface area contributed by atoms with Gasteiger partial charge in [0.1, 0.15) is 5.76 Å². The largest absolute Gasteiger partial charge is 0.468 e. The van der Waals surface area contributed by atoms with Gasteiger partial charge in [0.05, 0.1) is 12.8 Å².